The Morgan fingerprint density at radius 2 is 2.18 bits per heavy atom. The van der Waals surface area contributed by atoms with Crippen molar-refractivity contribution in [1.82, 2.24) is 9.47 Å². The van der Waals surface area contributed by atoms with Crippen LogP contribution < -0.4 is 4.87 Å². The summed E-state index contributed by atoms with van der Waals surface area (Å²) in [5, 5.41) is 0. The van der Waals surface area contributed by atoms with Crippen LogP contribution in [0.1, 0.15) is 0 Å². The Hall–Kier alpha value is -0.850. The minimum absolute atomic E-state index is 0.0697. The van der Waals surface area contributed by atoms with E-state index in [1.54, 1.807) is 4.57 Å². The third-order valence-corrected chi connectivity index (χ3v) is 4.93. The monoisotopic (exact) mass is 284 g/mol. The van der Waals surface area contributed by atoms with Gasteiger partial charge in [-0.25, -0.2) is 0 Å². The molecule has 3 nitrogen and oxygen atoms in total. The van der Waals surface area contributed by atoms with E-state index in [2.05, 4.69) is 0 Å². The molecular formula is C11H12N2OS3. The summed E-state index contributed by atoms with van der Waals surface area (Å²) in [7, 11) is 3.81. The summed E-state index contributed by atoms with van der Waals surface area (Å²) in [6.45, 7) is 0. The van der Waals surface area contributed by atoms with Gasteiger partial charge in [-0.2, -0.15) is 0 Å². The van der Waals surface area contributed by atoms with Gasteiger partial charge in [-0.1, -0.05) is 47.4 Å². The molecule has 1 heterocycles. The highest BCUT2D eigenvalue weighted by atomic mass is 32.2. The normalized spacial score (nSPS) is 10.7. The second-order valence-corrected chi connectivity index (χ2v) is 6.27. The molecule has 17 heavy (non-hydrogen) atoms. The van der Waals surface area contributed by atoms with Gasteiger partial charge in [0.1, 0.15) is 4.32 Å². The highest BCUT2D eigenvalue weighted by Gasteiger charge is 2.08. The quantitative estimate of drug-likeness (QED) is 0.792. The second kappa shape index (κ2) is 5.20. The van der Waals surface area contributed by atoms with Crippen LogP contribution in [0.4, 0.5) is 0 Å². The molecule has 0 radical (unpaired) electrons. The zero-order valence-electron chi connectivity index (χ0n) is 9.54. The molecule has 1 aromatic carbocycles. The largest absolute Gasteiger partial charge is 0.364 e. The molecule has 2 rings (SSSR count). The smallest absolute Gasteiger partial charge is 0.308 e. The number of rotatable bonds is 2. The summed E-state index contributed by atoms with van der Waals surface area (Å²) in [5.41, 5.74) is 0.983. The van der Waals surface area contributed by atoms with Crippen LogP contribution in [0.5, 0.6) is 0 Å². The standard InChI is InChI=1S/C11H12N2OS3/c1-12(2)11(15)16-7-13-8-5-3-4-6-9(8)17-10(13)14/h3-6H,7H2,1-2H3. The Morgan fingerprint density at radius 3 is 2.88 bits per heavy atom. The minimum atomic E-state index is 0.0697. The van der Waals surface area contributed by atoms with Crippen LogP contribution in [0, 0.1) is 0 Å². The number of aromatic nitrogens is 1. The Labute approximate surface area is 113 Å². The van der Waals surface area contributed by atoms with Crippen LogP contribution in [0.15, 0.2) is 29.1 Å². The summed E-state index contributed by atoms with van der Waals surface area (Å²) >= 11 is 7.97. The molecule has 0 fully saturated rings. The maximum absolute atomic E-state index is 11.8. The molecule has 0 aliphatic heterocycles. The third kappa shape index (κ3) is 2.70. The van der Waals surface area contributed by atoms with Crippen molar-refractivity contribution in [2.45, 2.75) is 5.88 Å². The summed E-state index contributed by atoms with van der Waals surface area (Å²) in [6, 6.07) is 7.82. The van der Waals surface area contributed by atoms with E-state index in [0.29, 0.717) is 5.88 Å². The van der Waals surface area contributed by atoms with E-state index in [1.807, 2.05) is 43.3 Å². The zero-order valence-corrected chi connectivity index (χ0v) is 12.0. The van der Waals surface area contributed by atoms with E-state index < -0.39 is 0 Å². The topological polar surface area (TPSA) is 25.2 Å². The molecule has 1 aromatic heterocycles. The average molecular weight is 284 g/mol. The molecule has 0 spiro atoms. The van der Waals surface area contributed by atoms with Gasteiger partial charge in [-0.3, -0.25) is 9.36 Å². The first-order valence-corrected chi connectivity index (χ1v) is 7.23. The molecule has 0 saturated heterocycles. The summed E-state index contributed by atoms with van der Waals surface area (Å²) < 4.78 is 3.57. The van der Waals surface area contributed by atoms with Gasteiger partial charge in [-0.15, -0.1) is 0 Å². The van der Waals surface area contributed by atoms with Crippen molar-refractivity contribution >= 4 is 49.9 Å². The average Bonchev–Trinajstić information content (AvgIpc) is 2.61. The molecule has 90 valence electrons. The van der Waals surface area contributed by atoms with E-state index in [9.17, 15) is 4.79 Å². The predicted molar refractivity (Wildman–Crippen MR) is 80.0 cm³/mol. The van der Waals surface area contributed by atoms with E-state index in [0.717, 1.165) is 14.5 Å². The molecule has 0 amide bonds. The van der Waals surface area contributed by atoms with E-state index >= 15 is 0 Å². The summed E-state index contributed by atoms with van der Waals surface area (Å²) in [5.74, 6) is 0.569. The van der Waals surface area contributed by atoms with Gasteiger partial charge in [0.05, 0.1) is 16.1 Å². The molecule has 0 atom stereocenters. The molecular weight excluding hydrogens is 272 g/mol. The Morgan fingerprint density at radius 1 is 1.47 bits per heavy atom. The fourth-order valence-electron chi connectivity index (χ4n) is 1.39. The van der Waals surface area contributed by atoms with Gasteiger partial charge in [0.15, 0.2) is 0 Å². The van der Waals surface area contributed by atoms with Crippen LogP contribution >= 0.6 is 35.3 Å². The maximum atomic E-state index is 11.8. The van der Waals surface area contributed by atoms with Gasteiger partial charge in [0.25, 0.3) is 0 Å². The van der Waals surface area contributed by atoms with Crippen LogP contribution in [0.25, 0.3) is 10.2 Å². The first kappa shape index (κ1) is 12.6. The van der Waals surface area contributed by atoms with Crippen molar-refractivity contribution < 1.29 is 0 Å². The molecule has 0 unspecified atom stereocenters. The number of hydrogen-bond donors (Lipinski definition) is 0. The summed E-state index contributed by atoms with van der Waals surface area (Å²) in [6.07, 6.45) is 0. The number of nitrogens with zero attached hydrogens (tertiary/aromatic N) is 2. The SMILES string of the molecule is CN(C)C(=S)SCn1c(=O)sc2ccccc21. The van der Waals surface area contributed by atoms with E-state index in [4.69, 9.17) is 12.2 Å². The number of hydrogen-bond acceptors (Lipinski definition) is 4. The molecule has 0 aliphatic rings. The maximum Gasteiger partial charge on any atom is 0.308 e. The fourth-order valence-corrected chi connectivity index (χ4v) is 3.27. The van der Waals surface area contributed by atoms with E-state index in [-0.39, 0.29) is 4.87 Å². The van der Waals surface area contributed by atoms with Gasteiger partial charge in [0.2, 0.25) is 0 Å². The number of para-hydroxylation sites is 1. The predicted octanol–water partition coefficient (Wildman–Crippen LogP) is 2.60. The molecule has 0 saturated carbocycles. The highest BCUT2D eigenvalue weighted by Crippen LogP contribution is 2.19. The third-order valence-electron chi connectivity index (χ3n) is 2.26. The number of fused-ring (bicyclic) bond motifs is 1. The van der Waals surface area contributed by atoms with Crippen LogP contribution in [0.2, 0.25) is 0 Å². The number of thiazole rings is 1. The van der Waals surface area contributed by atoms with Crippen molar-refractivity contribution in [2.24, 2.45) is 0 Å². The molecule has 0 aliphatic carbocycles. The van der Waals surface area contributed by atoms with Gasteiger partial charge >= 0.3 is 4.87 Å². The highest BCUT2D eigenvalue weighted by molar-refractivity contribution is 8.22. The number of benzene rings is 1. The molecule has 0 bridgehead atoms. The lowest BCUT2D eigenvalue weighted by Crippen LogP contribution is -2.19. The van der Waals surface area contributed by atoms with E-state index in [1.165, 1.54) is 23.1 Å². The van der Waals surface area contributed by atoms with Crippen molar-refractivity contribution in [3.8, 4) is 0 Å². The number of thioether (sulfide) groups is 1. The fraction of sp³-hybridized carbons (Fsp3) is 0.273. The second-order valence-electron chi connectivity index (χ2n) is 3.70. The lowest BCUT2D eigenvalue weighted by atomic mass is 10.3. The summed E-state index contributed by atoms with van der Waals surface area (Å²) in [4.78, 5) is 13.8. The first-order valence-electron chi connectivity index (χ1n) is 5.02. The Kier molecular flexibility index (Phi) is 3.86. The zero-order chi connectivity index (χ0) is 12.4. The van der Waals surface area contributed by atoms with Gasteiger partial charge in [0, 0.05) is 14.1 Å². The lowest BCUT2D eigenvalue weighted by molar-refractivity contribution is 0.647. The van der Waals surface area contributed by atoms with Crippen molar-refractivity contribution in [2.75, 3.05) is 14.1 Å². The molecule has 0 N–H and O–H groups in total. The van der Waals surface area contributed by atoms with Crippen molar-refractivity contribution in [1.29, 1.82) is 0 Å². The van der Waals surface area contributed by atoms with Gasteiger partial charge < -0.3 is 4.90 Å². The first-order chi connectivity index (χ1) is 8.09. The minimum Gasteiger partial charge on any atom is -0.364 e. The molecule has 6 heteroatoms. The number of thiocarbonyl (C=S) groups is 1. The Balaban J connectivity index is 2.27. The van der Waals surface area contributed by atoms with Crippen LogP contribution in [0.3, 0.4) is 0 Å². The van der Waals surface area contributed by atoms with Crippen molar-refractivity contribution in [3.63, 3.8) is 0 Å². The van der Waals surface area contributed by atoms with Crippen LogP contribution in [-0.4, -0.2) is 27.9 Å². The van der Waals surface area contributed by atoms with Gasteiger partial charge in [-0.05, 0) is 12.1 Å². The Bertz CT molecular complexity index is 600. The lowest BCUT2D eigenvalue weighted by Gasteiger charge is -2.12. The van der Waals surface area contributed by atoms with Crippen LogP contribution in [-0.2, 0) is 5.88 Å². The molecule has 2 aromatic rings. The van der Waals surface area contributed by atoms with Crippen molar-refractivity contribution in [3.05, 3.63) is 33.9 Å².